The number of hydrogen-bond donors (Lipinski definition) is 0. The Balaban J connectivity index is 1.84. The second kappa shape index (κ2) is 5.62. The van der Waals surface area contributed by atoms with Crippen molar-refractivity contribution in [2.24, 2.45) is 0 Å². The Hall–Kier alpha value is -2.05. The molecule has 5 nitrogen and oxygen atoms in total. The Morgan fingerprint density at radius 1 is 1.05 bits per heavy atom. The average Bonchev–Trinajstić information content (AvgIpc) is 2.99. The zero-order valence-electron chi connectivity index (χ0n) is 12.3. The van der Waals surface area contributed by atoms with E-state index in [0.717, 1.165) is 58.9 Å². The minimum atomic E-state index is 0.736. The summed E-state index contributed by atoms with van der Waals surface area (Å²) in [5, 5.41) is 0.991. The fourth-order valence-electron chi connectivity index (χ4n) is 2.61. The number of hydrogen-bond acceptors (Lipinski definition) is 6. The molecule has 1 aromatic carbocycles. The number of morpholine rings is 1. The van der Waals surface area contributed by atoms with Gasteiger partial charge in [0.2, 0.25) is 0 Å². The van der Waals surface area contributed by atoms with Gasteiger partial charge in [-0.05, 0) is 6.92 Å². The quantitative estimate of drug-likeness (QED) is 0.728. The first kappa shape index (κ1) is 13.6. The maximum atomic E-state index is 5.44. The lowest BCUT2D eigenvalue weighted by Crippen LogP contribution is -2.37. The fourth-order valence-corrected chi connectivity index (χ4v) is 3.60. The number of benzene rings is 1. The molecule has 112 valence electrons. The zero-order valence-corrected chi connectivity index (χ0v) is 13.1. The molecule has 0 amide bonds. The first-order valence-electron chi connectivity index (χ1n) is 7.34. The molecule has 3 heterocycles. The minimum Gasteiger partial charge on any atom is -0.378 e. The summed E-state index contributed by atoms with van der Waals surface area (Å²) >= 11 is 1.62. The summed E-state index contributed by atoms with van der Waals surface area (Å²) in [6, 6.07) is 10.2. The molecule has 1 aliphatic heterocycles. The minimum absolute atomic E-state index is 0.736. The van der Waals surface area contributed by atoms with E-state index in [4.69, 9.17) is 9.72 Å². The summed E-state index contributed by atoms with van der Waals surface area (Å²) < 4.78 is 5.44. The van der Waals surface area contributed by atoms with Crippen molar-refractivity contribution in [2.45, 2.75) is 6.92 Å². The third-order valence-electron chi connectivity index (χ3n) is 3.68. The van der Waals surface area contributed by atoms with Crippen LogP contribution in [0.5, 0.6) is 0 Å². The first-order chi connectivity index (χ1) is 10.8. The highest BCUT2D eigenvalue weighted by atomic mass is 32.1. The smallest absolute Gasteiger partial charge is 0.160 e. The molecule has 0 unspecified atom stereocenters. The third-order valence-corrected chi connectivity index (χ3v) is 4.68. The van der Waals surface area contributed by atoms with Gasteiger partial charge in [-0.25, -0.2) is 15.0 Å². The van der Waals surface area contributed by atoms with Crippen LogP contribution in [0.2, 0.25) is 0 Å². The van der Waals surface area contributed by atoms with Crippen molar-refractivity contribution in [3.63, 3.8) is 0 Å². The van der Waals surface area contributed by atoms with Gasteiger partial charge < -0.3 is 9.64 Å². The van der Waals surface area contributed by atoms with E-state index < -0.39 is 0 Å². The lowest BCUT2D eigenvalue weighted by molar-refractivity contribution is 0.122. The van der Waals surface area contributed by atoms with Gasteiger partial charge in [0.05, 0.1) is 13.2 Å². The SMILES string of the molecule is Cc1nc(N2CCOCC2)c2nc(-c3ccccc3)sc2n1. The molecule has 6 heteroatoms. The van der Waals surface area contributed by atoms with Crippen LogP contribution in [0.4, 0.5) is 5.82 Å². The van der Waals surface area contributed by atoms with Gasteiger partial charge >= 0.3 is 0 Å². The molecule has 0 spiro atoms. The number of ether oxygens (including phenoxy) is 1. The molecule has 0 atom stereocenters. The Morgan fingerprint density at radius 3 is 2.59 bits per heavy atom. The zero-order chi connectivity index (χ0) is 14.9. The molecule has 4 rings (SSSR count). The molecular weight excluding hydrogens is 296 g/mol. The summed E-state index contributed by atoms with van der Waals surface area (Å²) in [5.74, 6) is 1.72. The predicted octanol–water partition coefficient (Wildman–Crippen LogP) is 2.90. The highest BCUT2D eigenvalue weighted by Crippen LogP contribution is 2.33. The van der Waals surface area contributed by atoms with Crippen LogP contribution in [-0.4, -0.2) is 41.3 Å². The van der Waals surface area contributed by atoms with Gasteiger partial charge in [-0.2, -0.15) is 0 Å². The van der Waals surface area contributed by atoms with Crippen molar-refractivity contribution in [1.82, 2.24) is 15.0 Å². The molecule has 0 radical (unpaired) electrons. The molecule has 0 saturated carbocycles. The monoisotopic (exact) mass is 312 g/mol. The summed E-state index contributed by atoms with van der Waals surface area (Å²) in [5.41, 5.74) is 2.02. The van der Waals surface area contributed by atoms with E-state index in [1.165, 1.54) is 0 Å². The van der Waals surface area contributed by atoms with E-state index in [9.17, 15) is 0 Å². The second-order valence-electron chi connectivity index (χ2n) is 5.23. The van der Waals surface area contributed by atoms with Gasteiger partial charge in [-0.1, -0.05) is 41.7 Å². The Labute approximate surface area is 132 Å². The summed E-state index contributed by atoms with van der Waals surface area (Å²) in [4.78, 5) is 17.2. The molecule has 2 aromatic heterocycles. The molecule has 0 N–H and O–H groups in total. The van der Waals surface area contributed by atoms with Crippen molar-refractivity contribution in [1.29, 1.82) is 0 Å². The molecule has 0 aliphatic carbocycles. The Kier molecular flexibility index (Phi) is 3.48. The van der Waals surface area contributed by atoms with Crippen LogP contribution in [0.15, 0.2) is 30.3 Å². The topological polar surface area (TPSA) is 51.1 Å². The van der Waals surface area contributed by atoms with Crippen LogP contribution in [-0.2, 0) is 4.74 Å². The molecule has 1 saturated heterocycles. The van der Waals surface area contributed by atoms with Crippen molar-refractivity contribution >= 4 is 27.5 Å². The Bertz CT molecular complexity index is 797. The van der Waals surface area contributed by atoms with Crippen molar-refractivity contribution in [2.75, 3.05) is 31.2 Å². The van der Waals surface area contributed by atoms with Gasteiger partial charge in [-0.15, -0.1) is 0 Å². The highest BCUT2D eigenvalue weighted by Gasteiger charge is 2.20. The standard InChI is InChI=1S/C16H16N4OS/c1-11-17-14(20-7-9-21-10-8-20)13-16(18-11)22-15(19-13)12-5-3-2-4-6-12/h2-6H,7-10H2,1H3. The molecule has 3 aromatic rings. The van der Waals surface area contributed by atoms with Crippen molar-refractivity contribution in [3.05, 3.63) is 36.2 Å². The van der Waals surface area contributed by atoms with Crippen LogP contribution in [0.1, 0.15) is 5.82 Å². The lowest BCUT2D eigenvalue weighted by Gasteiger charge is -2.27. The number of aromatic nitrogens is 3. The average molecular weight is 312 g/mol. The van der Waals surface area contributed by atoms with Crippen molar-refractivity contribution < 1.29 is 4.74 Å². The highest BCUT2D eigenvalue weighted by molar-refractivity contribution is 7.21. The van der Waals surface area contributed by atoms with Gasteiger partial charge in [0, 0.05) is 18.7 Å². The number of thiazole rings is 1. The number of aryl methyl sites for hydroxylation is 1. The van der Waals surface area contributed by atoms with Crippen LogP contribution in [0.3, 0.4) is 0 Å². The number of fused-ring (bicyclic) bond motifs is 1. The van der Waals surface area contributed by atoms with Crippen LogP contribution in [0, 0.1) is 6.92 Å². The van der Waals surface area contributed by atoms with E-state index in [-0.39, 0.29) is 0 Å². The summed E-state index contributed by atoms with van der Waals surface area (Å²) in [6.07, 6.45) is 0. The van der Waals surface area contributed by atoms with Crippen LogP contribution >= 0.6 is 11.3 Å². The first-order valence-corrected chi connectivity index (χ1v) is 8.16. The van der Waals surface area contributed by atoms with E-state index in [1.807, 2.05) is 25.1 Å². The maximum Gasteiger partial charge on any atom is 0.160 e. The third kappa shape index (κ3) is 2.44. The van der Waals surface area contributed by atoms with Gasteiger partial charge in [0.1, 0.15) is 21.2 Å². The van der Waals surface area contributed by atoms with Gasteiger partial charge in [0.15, 0.2) is 5.82 Å². The molecular formula is C16H16N4OS. The summed E-state index contributed by atoms with van der Waals surface area (Å²) in [6.45, 7) is 5.11. The number of rotatable bonds is 2. The van der Waals surface area contributed by atoms with Crippen LogP contribution in [0.25, 0.3) is 20.9 Å². The normalized spacial score (nSPS) is 15.4. The largest absolute Gasteiger partial charge is 0.378 e. The number of anilines is 1. The maximum absolute atomic E-state index is 5.44. The van der Waals surface area contributed by atoms with Gasteiger partial charge in [0.25, 0.3) is 0 Å². The molecule has 22 heavy (non-hydrogen) atoms. The lowest BCUT2D eigenvalue weighted by atomic mass is 10.2. The number of nitrogens with zero attached hydrogens (tertiary/aromatic N) is 4. The fraction of sp³-hybridized carbons (Fsp3) is 0.312. The van der Waals surface area contributed by atoms with Gasteiger partial charge in [-0.3, -0.25) is 0 Å². The molecule has 1 aliphatic rings. The molecule has 1 fully saturated rings. The second-order valence-corrected chi connectivity index (χ2v) is 6.21. The van der Waals surface area contributed by atoms with E-state index in [2.05, 4.69) is 27.0 Å². The predicted molar refractivity (Wildman–Crippen MR) is 88.4 cm³/mol. The summed E-state index contributed by atoms with van der Waals surface area (Å²) in [7, 11) is 0. The van der Waals surface area contributed by atoms with E-state index in [1.54, 1.807) is 11.3 Å². The van der Waals surface area contributed by atoms with E-state index in [0.29, 0.717) is 0 Å². The van der Waals surface area contributed by atoms with E-state index >= 15 is 0 Å². The van der Waals surface area contributed by atoms with Crippen LogP contribution < -0.4 is 4.90 Å². The molecule has 0 bridgehead atoms. The Morgan fingerprint density at radius 2 is 1.82 bits per heavy atom. The van der Waals surface area contributed by atoms with Crippen molar-refractivity contribution in [3.8, 4) is 10.6 Å².